The van der Waals surface area contributed by atoms with E-state index in [1.807, 2.05) is 97.9 Å². The normalized spacial score (nSPS) is 32.6. The predicted molar refractivity (Wildman–Crippen MR) is 172 cm³/mol. The van der Waals surface area contributed by atoms with E-state index in [1.165, 1.54) is 0 Å². The lowest BCUT2D eigenvalue weighted by Gasteiger charge is -2.46. The maximum Gasteiger partial charge on any atom is 0.168 e. The van der Waals surface area contributed by atoms with Gasteiger partial charge in [0.2, 0.25) is 0 Å². The van der Waals surface area contributed by atoms with Crippen molar-refractivity contribution in [1.82, 2.24) is 10.6 Å². The maximum absolute atomic E-state index is 10.9. The van der Waals surface area contributed by atoms with E-state index >= 15 is 0 Å². The average molecular weight is 655 g/mol. The molecular formula is C34H42N2O9S. The SMILES string of the molecule is C[C@H]1O[C@H](NC(=S)N[C@@H]2[C@H](O)[C@@H](O)[C@H](O)[C@]2(O)CO)[C@H](OCc2ccccc2)[C@@H](OCc2ccccc2)[C@@H]1OCc1ccccc1. The van der Waals surface area contributed by atoms with E-state index in [4.69, 9.17) is 31.2 Å². The molecule has 3 aromatic rings. The van der Waals surface area contributed by atoms with Crippen molar-refractivity contribution in [3.8, 4) is 0 Å². The molecule has 3 aromatic carbocycles. The van der Waals surface area contributed by atoms with Gasteiger partial charge in [0.15, 0.2) is 11.3 Å². The van der Waals surface area contributed by atoms with E-state index in [2.05, 4.69) is 10.6 Å². The summed E-state index contributed by atoms with van der Waals surface area (Å²) in [6, 6.07) is 27.8. The van der Waals surface area contributed by atoms with Gasteiger partial charge in [0, 0.05) is 0 Å². The van der Waals surface area contributed by atoms with Crippen molar-refractivity contribution in [3.05, 3.63) is 108 Å². The third-order valence-corrected chi connectivity index (χ3v) is 8.74. The van der Waals surface area contributed by atoms with Gasteiger partial charge in [0.05, 0.1) is 38.6 Å². The van der Waals surface area contributed by atoms with Gasteiger partial charge in [-0.2, -0.15) is 0 Å². The lowest BCUT2D eigenvalue weighted by Crippen LogP contribution is -2.66. The molecule has 0 unspecified atom stereocenters. The zero-order valence-electron chi connectivity index (χ0n) is 25.5. The number of nitrogens with one attached hydrogen (secondary N) is 2. The summed E-state index contributed by atoms with van der Waals surface area (Å²) in [4.78, 5) is 0. The van der Waals surface area contributed by atoms with Gasteiger partial charge in [-0.25, -0.2) is 0 Å². The van der Waals surface area contributed by atoms with E-state index in [0.29, 0.717) is 6.61 Å². The van der Waals surface area contributed by atoms with Crippen LogP contribution in [0.25, 0.3) is 0 Å². The monoisotopic (exact) mass is 654 g/mol. The molecule has 12 heteroatoms. The topological polar surface area (TPSA) is 162 Å². The molecule has 1 aliphatic heterocycles. The molecule has 1 heterocycles. The van der Waals surface area contributed by atoms with Crippen molar-refractivity contribution in [1.29, 1.82) is 0 Å². The zero-order valence-corrected chi connectivity index (χ0v) is 26.3. The summed E-state index contributed by atoms with van der Waals surface area (Å²) in [5.41, 5.74) is 0.614. The minimum Gasteiger partial charge on any atom is -0.393 e. The Labute approximate surface area is 273 Å². The summed E-state index contributed by atoms with van der Waals surface area (Å²) in [6.45, 7) is 1.75. The number of thiocarbonyl (C=S) groups is 1. The Balaban J connectivity index is 1.40. The number of aliphatic hydroxyl groups is 5. The molecule has 0 aromatic heterocycles. The van der Waals surface area contributed by atoms with Gasteiger partial charge in [-0.05, 0) is 35.8 Å². The van der Waals surface area contributed by atoms with Crippen molar-refractivity contribution in [3.63, 3.8) is 0 Å². The van der Waals surface area contributed by atoms with Crippen LogP contribution in [0.5, 0.6) is 0 Å². The first kappa shape index (κ1) is 34.3. The Kier molecular flexibility index (Phi) is 11.7. The summed E-state index contributed by atoms with van der Waals surface area (Å²) in [5, 5.41) is 57.5. The van der Waals surface area contributed by atoms with Crippen LogP contribution in [0.4, 0.5) is 0 Å². The van der Waals surface area contributed by atoms with Crippen LogP contribution in [0.2, 0.25) is 0 Å². The van der Waals surface area contributed by atoms with Crippen LogP contribution in [0, 0.1) is 0 Å². The largest absolute Gasteiger partial charge is 0.393 e. The molecule has 0 bridgehead atoms. The van der Waals surface area contributed by atoms with E-state index < -0.39 is 67.2 Å². The Morgan fingerprint density at radius 2 is 1.17 bits per heavy atom. The second kappa shape index (κ2) is 15.7. The highest BCUT2D eigenvalue weighted by Crippen LogP contribution is 2.32. The number of hydrogen-bond acceptors (Lipinski definition) is 10. The van der Waals surface area contributed by atoms with Gasteiger partial charge in [0.1, 0.15) is 42.2 Å². The van der Waals surface area contributed by atoms with E-state index in [-0.39, 0.29) is 18.3 Å². The maximum atomic E-state index is 10.9. The molecule has 2 aliphatic rings. The van der Waals surface area contributed by atoms with E-state index in [0.717, 1.165) is 16.7 Å². The third-order valence-electron chi connectivity index (χ3n) is 8.50. The first-order chi connectivity index (χ1) is 22.2. The van der Waals surface area contributed by atoms with Crippen molar-refractivity contribution in [2.45, 2.75) is 87.3 Å². The number of benzene rings is 3. The van der Waals surface area contributed by atoms with E-state index in [9.17, 15) is 25.5 Å². The molecule has 0 radical (unpaired) electrons. The standard InChI is InChI=1S/C34H42N2O9S/c1-21-27(42-17-22-11-5-2-6-12-22)28(43-18-23-13-7-3-8-14-23)29(44-19-24-15-9-4-10-16-24)32(45-21)36-33(46)35-30-25(38)26(39)31(40)34(30,41)20-37/h2-16,21,25-32,37-41H,17-20H2,1H3,(H2,35,36,46)/t21-,25-,26-,27-,28+,29-,30-,31+,32+,34+/m1/s1. The van der Waals surface area contributed by atoms with Gasteiger partial charge in [-0.1, -0.05) is 91.0 Å². The van der Waals surface area contributed by atoms with Gasteiger partial charge in [-0.15, -0.1) is 0 Å². The minimum atomic E-state index is -2.26. The molecule has 248 valence electrons. The second-order valence-electron chi connectivity index (χ2n) is 11.7. The molecule has 1 saturated carbocycles. The highest BCUT2D eigenvalue weighted by Gasteiger charge is 2.59. The average Bonchev–Trinajstić information content (AvgIpc) is 3.23. The van der Waals surface area contributed by atoms with Crippen LogP contribution in [0.3, 0.4) is 0 Å². The summed E-state index contributed by atoms with van der Waals surface area (Å²) in [6.07, 6.45) is -8.51. The molecule has 2 fully saturated rings. The Morgan fingerprint density at radius 1 is 0.717 bits per heavy atom. The van der Waals surface area contributed by atoms with Crippen LogP contribution in [0.15, 0.2) is 91.0 Å². The van der Waals surface area contributed by atoms with Crippen LogP contribution < -0.4 is 10.6 Å². The summed E-state index contributed by atoms with van der Waals surface area (Å²) < 4.78 is 25.9. The highest BCUT2D eigenvalue weighted by atomic mass is 32.1. The van der Waals surface area contributed by atoms with Gasteiger partial charge in [-0.3, -0.25) is 0 Å². The van der Waals surface area contributed by atoms with Crippen LogP contribution in [-0.2, 0) is 38.8 Å². The lowest BCUT2D eigenvalue weighted by molar-refractivity contribution is -0.264. The second-order valence-corrected chi connectivity index (χ2v) is 12.1. The Bertz CT molecular complexity index is 1370. The molecule has 0 amide bonds. The van der Waals surface area contributed by atoms with Crippen LogP contribution in [-0.4, -0.2) is 97.9 Å². The Morgan fingerprint density at radius 3 is 1.65 bits per heavy atom. The molecule has 7 N–H and O–H groups in total. The summed E-state index contributed by atoms with van der Waals surface area (Å²) >= 11 is 5.55. The van der Waals surface area contributed by atoms with Gasteiger partial charge in [0.25, 0.3) is 0 Å². The van der Waals surface area contributed by atoms with Crippen molar-refractivity contribution in [2.75, 3.05) is 6.61 Å². The minimum absolute atomic E-state index is 0.0757. The molecule has 5 rings (SSSR count). The number of hydrogen-bond donors (Lipinski definition) is 7. The van der Waals surface area contributed by atoms with Gasteiger partial charge < -0.3 is 55.1 Å². The first-order valence-electron chi connectivity index (χ1n) is 15.3. The number of ether oxygens (including phenoxy) is 4. The molecule has 1 aliphatic carbocycles. The van der Waals surface area contributed by atoms with Crippen LogP contribution in [0.1, 0.15) is 23.6 Å². The predicted octanol–water partition coefficient (Wildman–Crippen LogP) is 1.14. The molecule has 1 saturated heterocycles. The first-order valence-corrected chi connectivity index (χ1v) is 15.7. The fourth-order valence-corrected chi connectivity index (χ4v) is 6.15. The summed E-state index contributed by atoms with van der Waals surface area (Å²) in [7, 11) is 0. The van der Waals surface area contributed by atoms with E-state index in [1.54, 1.807) is 0 Å². The highest BCUT2D eigenvalue weighted by molar-refractivity contribution is 7.80. The third kappa shape index (κ3) is 7.92. The smallest absolute Gasteiger partial charge is 0.168 e. The molecule has 0 spiro atoms. The Hall–Kier alpha value is -3.01. The molecule has 11 nitrogen and oxygen atoms in total. The number of rotatable bonds is 12. The van der Waals surface area contributed by atoms with Crippen LogP contribution >= 0.6 is 12.2 Å². The van der Waals surface area contributed by atoms with Crippen molar-refractivity contribution >= 4 is 17.3 Å². The lowest BCUT2D eigenvalue weighted by atomic mass is 9.96. The number of aliphatic hydroxyl groups excluding tert-OH is 4. The quantitative estimate of drug-likeness (QED) is 0.140. The fraction of sp³-hybridized carbons (Fsp3) is 0.441. The fourth-order valence-electron chi connectivity index (χ4n) is 5.90. The van der Waals surface area contributed by atoms with Crippen molar-refractivity contribution < 1.29 is 44.5 Å². The molecule has 10 atom stereocenters. The molecular weight excluding hydrogens is 612 g/mol. The van der Waals surface area contributed by atoms with Gasteiger partial charge >= 0.3 is 0 Å². The molecule has 46 heavy (non-hydrogen) atoms. The summed E-state index contributed by atoms with van der Waals surface area (Å²) in [5.74, 6) is 0. The zero-order chi connectivity index (χ0) is 32.7. The van der Waals surface area contributed by atoms with Crippen molar-refractivity contribution in [2.24, 2.45) is 0 Å².